The van der Waals surface area contributed by atoms with Crippen molar-refractivity contribution in [3.05, 3.63) is 97.1 Å². The number of hydrogen-bond donors (Lipinski definition) is 2. The third kappa shape index (κ3) is 11.1. The Morgan fingerprint density at radius 3 is 2.29 bits per heavy atom. The lowest BCUT2D eigenvalue weighted by atomic mass is 9.98. The molecule has 0 bridgehead atoms. The third-order valence-electron chi connectivity index (χ3n) is 6.13. The van der Waals surface area contributed by atoms with Crippen LogP contribution in [0.25, 0.3) is 0 Å². The second-order valence-electron chi connectivity index (χ2n) is 9.12. The monoisotopic (exact) mass is 520 g/mol. The van der Waals surface area contributed by atoms with E-state index in [4.69, 9.17) is 4.74 Å². The fourth-order valence-corrected chi connectivity index (χ4v) is 4.05. The van der Waals surface area contributed by atoms with Gasteiger partial charge in [-0.25, -0.2) is 0 Å². The molecule has 0 aliphatic heterocycles. The van der Waals surface area contributed by atoms with E-state index in [9.17, 15) is 19.5 Å². The van der Waals surface area contributed by atoms with Crippen molar-refractivity contribution in [2.75, 3.05) is 19.7 Å². The molecular formula is C31H40N2O5. The average molecular weight is 521 g/mol. The molecule has 2 aromatic carbocycles. The minimum absolute atomic E-state index is 0.0240. The summed E-state index contributed by atoms with van der Waals surface area (Å²) < 4.78 is 5.72. The SMILES string of the molecule is C=CCCCCC(=O)O[C@@H](CNC(=O)[C@@H](CC=C)CC(=O)N(CCO)Cc1ccccc1)c1ccccc1. The van der Waals surface area contributed by atoms with E-state index in [1.54, 1.807) is 11.0 Å². The molecule has 2 amide bonds. The zero-order chi connectivity index (χ0) is 27.6. The number of allylic oxidation sites excluding steroid dienone is 2. The van der Waals surface area contributed by atoms with E-state index in [0.717, 1.165) is 24.0 Å². The first-order valence-corrected chi connectivity index (χ1v) is 13.1. The number of unbranched alkanes of at least 4 members (excludes halogenated alkanes) is 2. The van der Waals surface area contributed by atoms with Crippen LogP contribution in [-0.2, 0) is 25.7 Å². The van der Waals surface area contributed by atoms with Crippen molar-refractivity contribution < 1.29 is 24.2 Å². The lowest BCUT2D eigenvalue weighted by Gasteiger charge is -2.25. The van der Waals surface area contributed by atoms with Gasteiger partial charge in [0.05, 0.1) is 19.1 Å². The van der Waals surface area contributed by atoms with Crippen molar-refractivity contribution >= 4 is 17.8 Å². The number of ether oxygens (including phenoxy) is 1. The molecule has 0 saturated heterocycles. The second kappa shape index (κ2) is 17.7. The number of benzene rings is 2. The van der Waals surface area contributed by atoms with Crippen LogP contribution < -0.4 is 5.32 Å². The fourth-order valence-electron chi connectivity index (χ4n) is 4.05. The molecule has 0 aromatic heterocycles. The van der Waals surface area contributed by atoms with Crippen LogP contribution in [0.15, 0.2) is 86.0 Å². The maximum atomic E-state index is 13.1. The summed E-state index contributed by atoms with van der Waals surface area (Å²) in [5.41, 5.74) is 1.72. The van der Waals surface area contributed by atoms with Gasteiger partial charge in [-0.3, -0.25) is 14.4 Å². The molecule has 0 radical (unpaired) electrons. The first kappa shape index (κ1) is 30.5. The second-order valence-corrected chi connectivity index (χ2v) is 9.12. The van der Waals surface area contributed by atoms with Crippen molar-refractivity contribution in [2.24, 2.45) is 5.92 Å². The molecule has 38 heavy (non-hydrogen) atoms. The Kier molecular flexibility index (Phi) is 14.2. The zero-order valence-corrected chi connectivity index (χ0v) is 22.1. The molecule has 2 aromatic rings. The number of nitrogens with one attached hydrogen (secondary N) is 1. The van der Waals surface area contributed by atoms with Crippen molar-refractivity contribution in [3.8, 4) is 0 Å². The molecular weight excluding hydrogens is 480 g/mol. The predicted molar refractivity (Wildman–Crippen MR) is 149 cm³/mol. The van der Waals surface area contributed by atoms with E-state index in [1.165, 1.54) is 0 Å². The summed E-state index contributed by atoms with van der Waals surface area (Å²) in [7, 11) is 0. The molecule has 0 spiro atoms. The summed E-state index contributed by atoms with van der Waals surface area (Å²) in [5, 5.41) is 12.4. The maximum absolute atomic E-state index is 13.1. The van der Waals surface area contributed by atoms with Crippen LogP contribution in [0.2, 0.25) is 0 Å². The first-order valence-electron chi connectivity index (χ1n) is 13.1. The Morgan fingerprint density at radius 1 is 0.974 bits per heavy atom. The van der Waals surface area contributed by atoms with Crippen molar-refractivity contribution in [2.45, 2.75) is 51.2 Å². The summed E-state index contributed by atoms with van der Waals surface area (Å²) in [5.74, 6) is -1.50. The van der Waals surface area contributed by atoms with Crippen molar-refractivity contribution in [1.82, 2.24) is 10.2 Å². The molecule has 204 valence electrons. The molecule has 0 aliphatic rings. The Labute approximate surface area is 226 Å². The van der Waals surface area contributed by atoms with Gasteiger partial charge in [0.25, 0.3) is 0 Å². The number of esters is 1. The standard InChI is InChI=1S/C31H40N2O5/c1-3-5-6-13-19-30(36)38-28(26-17-11-8-12-18-26)23-32-31(37)27(14-4-2)22-29(35)33(20-21-34)24-25-15-9-7-10-16-25/h3-4,7-12,15-18,27-28,34H,1-2,5-6,13-14,19-24H2,(H,32,37)/t27-,28-/m0/s1. The minimum Gasteiger partial charge on any atom is -0.456 e. The maximum Gasteiger partial charge on any atom is 0.306 e. The van der Waals surface area contributed by atoms with Crippen LogP contribution in [0.4, 0.5) is 0 Å². The van der Waals surface area contributed by atoms with Gasteiger partial charge in [0.2, 0.25) is 11.8 Å². The number of aliphatic hydroxyl groups excluding tert-OH is 1. The quantitative estimate of drug-likeness (QED) is 0.168. The van der Waals surface area contributed by atoms with Gasteiger partial charge in [-0.15, -0.1) is 13.2 Å². The molecule has 0 saturated carbocycles. The van der Waals surface area contributed by atoms with Crippen LogP contribution in [0.5, 0.6) is 0 Å². The number of rotatable bonds is 18. The van der Waals surface area contributed by atoms with E-state index in [0.29, 0.717) is 25.8 Å². The highest BCUT2D eigenvalue weighted by Crippen LogP contribution is 2.20. The Morgan fingerprint density at radius 2 is 1.66 bits per heavy atom. The topological polar surface area (TPSA) is 95.9 Å². The summed E-state index contributed by atoms with van der Waals surface area (Å²) >= 11 is 0. The van der Waals surface area contributed by atoms with Gasteiger partial charge in [-0.1, -0.05) is 72.8 Å². The van der Waals surface area contributed by atoms with Crippen LogP contribution in [-0.4, -0.2) is 47.5 Å². The van der Waals surface area contributed by atoms with Gasteiger partial charge in [-0.2, -0.15) is 0 Å². The highest BCUT2D eigenvalue weighted by atomic mass is 16.5. The van der Waals surface area contributed by atoms with E-state index in [1.807, 2.05) is 66.7 Å². The van der Waals surface area contributed by atoms with Crippen LogP contribution in [0.3, 0.4) is 0 Å². The number of aliphatic hydroxyl groups is 1. The molecule has 0 aliphatic carbocycles. The van der Waals surface area contributed by atoms with Crippen LogP contribution in [0, 0.1) is 5.92 Å². The highest BCUT2D eigenvalue weighted by Gasteiger charge is 2.26. The minimum atomic E-state index is -0.642. The fraction of sp³-hybridized carbons (Fsp3) is 0.387. The van der Waals surface area contributed by atoms with E-state index >= 15 is 0 Å². The molecule has 7 heteroatoms. The largest absolute Gasteiger partial charge is 0.456 e. The van der Waals surface area contributed by atoms with Gasteiger partial charge in [0.1, 0.15) is 6.10 Å². The predicted octanol–water partition coefficient (Wildman–Crippen LogP) is 4.74. The molecule has 0 heterocycles. The summed E-state index contributed by atoms with van der Waals surface area (Å²) in [6, 6.07) is 18.8. The number of hydrogen-bond acceptors (Lipinski definition) is 5. The number of nitrogens with zero attached hydrogens (tertiary/aromatic N) is 1. The van der Waals surface area contributed by atoms with Crippen LogP contribution >= 0.6 is 0 Å². The first-order chi connectivity index (χ1) is 18.5. The van der Waals surface area contributed by atoms with Gasteiger partial charge in [-0.05, 0) is 36.8 Å². The molecule has 0 unspecified atom stereocenters. The Bertz CT molecular complexity index is 1010. The smallest absolute Gasteiger partial charge is 0.306 e. The highest BCUT2D eigenvalue weighted by molar-refractivity contribution is 5.86. The van der Waals surface area contributed by atoms with E-state index in [-0.39, 0.29) is 43.9 Å². The molecule has 7 nitrogen and oxygen atoms in total. The number of carbonyl (C=O) groups excluding carboxylic acids is 3. The van der Waals surface area contributed by atoms with Crippen molar-refractivity contribution in [1.29, 1.82) is 0 Å². The molecule has 2 rings (SSSR count). The average Bonchev–Trinajstić information content (AvgIpc) is 2.93. The van der Waals surface area contributed by atoms with Gasteiger partial charge < -0.3 is 20.1 Å². The lowest BCUT2D eigenvalue weighted by Crippen LogP contribution is -2.39. The lowest BCUT2D eigenvalue weighted by molar-refractivity contribution is -0.150. The van der Waals surface area contributed by atoms with E-state index < -0.39 is 12.0 Å². The van der Waals surface area contributed by atoms with Gasteiger partial charge in [0, 0.05) is 25.9 Å². The zero-order valence-electron chi connectivity index (χ0n) is 22.1. The summed E-state index contributed by atoms with van der Waals surface area (Å²) in [6.45, 7) is 7.88. The third-order valence-corrected chi connectivity index (χ3v) is 6.13. The molecule has 2 N–H and O–H groups in total. The summed E-state index contributed by atoms with van der Waals surface area (Å²) in [4.78, 5) is 40.3. The normalized spacial score (nSPS) is 12.1. The van der Waals surface area contributed by atoms with Crippen molar-refractivity contribution in [3.63, 3.8) is 0 Å². The van der Waals surface area contributed by atoms with Gasteiger partial charge >= 0.3 is 5.97 Å². The number of carbonyl (C=O) groups is 3. The van der Waals surface area contributed by atoms with E-state index in [2.05, 4.69) is 18.5 Å². The van der Waals surface area contributed by atoms with Crippen LogP contribution in [0.1, 0.15) is 55.8 Å². The van der Waals surface area contributed by atoms with Gasteiger partial charge in [0.15, 0.2) is 0 Å². The molecule has 0 fully saturated rings. The Balaban J connectivity index is 2.03. The summed E-state index contributed by atoms with van der Waals surface area (Å²) in [6.07, 6.45) is 5.79. The molecule has 2 atom stereocenters. The number of amides is 2. The Hall–Kier alpha value is -3.71.